The van der Waals surface area contributed by atoms with Crippen LogP contribution in [0.5, 0.6) is 0 Å². The predicted octanol–water partition coefficient (Wildman–Crippen LogP) is 0.591. The van der Waals surface area contributed by atoms with Crippen molar-refractivity contribution in [3.05, 3.63) is 11.6 Å². The Hall–Kier alpha value is -1.12. The lowest BCUT2D eigenvalue weighted by molar-refractivity contribution is -0.139. The quantitative estimate of drug-likeness (QED) is 0.477. The molecule has 0 bridgehead atoms. The van der Waals surface area contributed by atoms with E-state index in [1.165, 1.54) is 6.08 Å². The van der Waals surface area contributed by atoms with Gasteiger partial charge in [0.05, 0.1) is 0 Å². The molecule has 0 radical (unpaired) electrons. The van der Waals surface area contributed by atoms with E-state index in [9.17, 15) is 9.59 Å². The summed E-state index contributed by atoms with van der Waals surface area (Å²) in [5.74, 6) is -0.285. The molecule has 0 saturated heterocycles. The minimum absolute atomic E-state index is 0.0760. The van der Waals surface area contributed by atoms with Crippen molar-refractivity contribution in [1.82, 2.24) is 0 Å². The van der Waals surface area contributed by atoms with Crippen molar-refractivity contribution in [2.24, 2.45) is 0 Å². The molecule has 11 heavy (non-hydrogen) atoms. The summed E-state index contributed by atoms with van der Waals surface area (Å²) in [6.45, 7) is 0. The van der Waals surface area contributed by atoms with Crippen molar-refractivity contribution in [2.75, 3.05) is 0 Å². The topological polar surface area (TPSA) is 43.4 Å². The fourth-order valence-corrected chi connectivity index (χ4v) is 1.52. The number of ketones is 1. The van der Waals surface area contributed by atoms with Crippen LogP contribution >= 0.6 is 0 Å². The van der Waals surface area contributed by atoms with E-state index in [1.54, 1.807) is 0 Å². The van der Waals surface area contributed by atoms with Gasteiger partial charge in [-0.05, 0) is 12.8 Å². The molecule has 1 heterocycles. The SMILES string of the molecule is O=C1C=C2C(=O)CCCC2O1. The Labute approximate surface area is 64.0 Å². The van der Waals surface area contributed by atoms with Crippen LogP contribution < -0.4 is 0 Å². The zero-order valence-electron chi connectivity index (χ0n) is 6.00. The average Bonchev–Trinajstić information content (AvgIpc) is 2.31. The van der Waals surface area contributed by atoms with Crippen LogP contribution in [0.3, 0.4) is 0 Å². The fourth-order valence-electron chi connectivity index (χ4n) is 1.52. The van der Waals surface area contributed by atoms with Crippen molar-refractivity contribution in [2.45, 2.75) is 25.4 Å². The summed E-state index contributed by atoms with van der Waals surface area (Å²) in [4.78, 5) is 21.8. The maximum absolute atomic E-state index is 11.1. The van der Waals surface area contributed by atoms with Crippen molar-refractivity contribution < 1.29 is 14.3 Å². The second kappa shape index (κ2) is 2.19. The predicted molar refractivity (Wildman–Crippen MR) is 36.8 cm³/mol. The molecule has 3 heteroatoms. The molecule has 0 aromatic rings. The highest BCUT2D eigenvalue weighted by Gasteiger charge is 2.33. The molecule has 2 rings (SSSR count). The summed E-state index contributed by atoms with van der Waals surface area (Å²) in [6, 6.07) is 0. The molecular formula is C8H8O3. The third-order valence-corrected chi connectivity index (χ3v) is 2.07. The molecule has 0 N–H and O–H groups in total. The van der Waals surface area contributed by atoms with E-state index in [0.29, 0.717) is 12.0 Å². The number of hydrogen-bond donors (Lipinski definition) is 0. The second-order valence-electron chi connectivity index (χ2n) is 2.84. The first-order valence-electron chi connectivity index (χ1n) is 3.73. The monoisotopic (exact) mass is 152 g/mol. The van der Waals surface area contributed by atoms with Gasteiger partial charge in [-0.25, -0.2) is 4.79 Å². The number of esters is 1. The highest BCUT2D eigenvalue weighted by atomic mass is 16.5. The van der Waals surface area contributed by atoms with Crippen LogP contribution in [-0.4, -0.2) is 17.9 Å². The Kier molecular flexibility index (Phi) is 1.31. The molecule has 0 amide bonds. The molecule has 3 nitrogen and oxygen atoms in total. The smallest absolute Gasteiger partial charge is 0.331 e. The van der Waals surface area contributed by atoms with Gasteiger partial charge in [-0.15, -0.1) is 0 Å². The Morgan fingerprint density at radius 2 is 2.27 bits per heavy atom. The van der Waals surface area contributed by atoms with Gasteiger partial charge in [0, 0.05) is 18.1 Å². The lowest BCUT2D eigenvalue weighted by Gasteiger charge is -2.17. The first-order chi connectivity index (χ1) is 5.27. The largest absolute Gasteiger partial charge is 0.454 e. The lowest BCUT2D eigenvalue weighted by Crippen LogP contribution is -2.22. The first-order valence-corrected chi connectivity index (χ1v) is 3.73. The molecule has 0 aromatic carbocycles. The van der Waals surface area contributed by atoms with Gasteiger partial charge in [-0.1, -0.05) is 0 Å². The van der Waals surface area contributed by atoms with Crippen LogP contribution in [0.15, 0.2) is 11.6 Å². The van der Waals surface area contributed by atoms with E-state index in [2.05, 4.69) is 0 Å². The Morgan fingerprint density at radius 3 is 3.00 bits per heavy atom. The first kappa shape index (κ1) is 6.58. The van der Waals surface area contributed by atoms with Crippen molar-refractivity contribution in [3.63, 3.8) is 0 Å². The Bertz CT molecular complexity index is 252. The minimum atomic E-state index is -0.361. The Balaban J connectivity index is 2.29. The lowest BCUT2D eigenvalue weighted by atomic mass is 9.92. The summed E-state index contributed by atoms with van der Waals surface area (Å²) in [5, 5.41) is 0. The summed E-state index contributed by atoms with van der Waals surface area (Å²) < 4.78 is 4.88. The van der Waals surface area contributed by atoms with E-state index in [1.807, 2.05) is 0 Å². The molecule has 0 aromatic heterocycles. The number of carbonyl (C=O) groups is 2. The number of hydrogen-bond acceptors (Lipinski definition) is 3. The number of fused-ring (bicyclic) bond motifs is 1. The zero-order chi connectivity index (χ0) is 7.84. The van der Waals surface area contributed by atoms with Gasteiger partial charge < -0.3 is 4.74 Å². The van der Waals surface area contributed by atoms with Gasteiger partial charge in [-0.2, -0.15) is 0 Å². The van der Waals surface area contributed by atoms with Gasteiger partial charge in [0.2, 0.25) is 0 Å². The van der Waals surface area contributed by atoms with Crippen LogP contribution in [-0.2, 0) is 14.3 Å². The van der Waals surface area contributed by atoms with Crippen molar-refractivity contribution in [1.29, 1.82) is 0 Å². The molecule has 58 valence electrons. The molecule has 1 unspecified atom stereocenters. The van der Waals surface area contributed by atoms with E-state index >= 15 is 0 Å². The van der Waals surface area contributed by atoms with Crippen molar-refractivity contribution in [3.8, 4) is 0 Å². The van der Waals surface area contributed by atoms with E-state index < -0.39 is 0 Å². The van der Waals surface area contributed by atoms with E-state index in [4.69, 9.17) is 4.74 Å². The highest BCUT2D eigenvalue weighted by molar-refractivity contribution is 6.04. The van der Waals surface area contributed by atoms with Crippen molar-refractivity contribution >= 4 is 11.8 Å². The van der Waals surface area contributed by atoms with E-state index in [0.717, 1.165) is 12.8 Å². The molecule has 2 aliphatic rings. The van der Waals surface area contributed by atoms with Gasteiger partial charge >= 0.3 is 5.97 Å². The van der Waals surface area contributed by atoms with Crippen LogP contribution in [0.4, 0.5) is 0 Å². The summed E-state index contributed by atoms with van der Waals surface area (Å²) in [6.07, 6.45) is 3.33. The second-order valence-corrected chi connectivity index (χ2v) is 2.84. The molecule has 0 spiro atoms. The molecule has 1 fully saturated rings. The average molecular weight is 152 g/mol. The normalized spacial score (nSPS) is 29.5. The molecule has 1 aliphatic carbocycles. The van der Waals surface area contributed by atoms with Crippen LogP contribution in [0, 0.1) is 0 Å². The number of Topliss-reactive ketones (excluding diaryl/α,β-unsaturated/α-hetero) is 1. The fraction of sp³-hybridized carbons (Fsp3) is 0.500. The molecule has 1 aliphatic heterocycles. The maximum atomic E-state index is 11.1. The van der Waals surface area contributed by atoms with Crippen LogP contribution in [0.25, 0.3) is 0 Å². The summed E-state index contributed by atoms with van der Waals surface area (Å²) in [5.41, 5.74) is 0.584. The van der Waals surface area contributed by atoms with Gasteiger partial charge in [0.15, 0.2) is 5.78 Å². The maximum Gasteiger partial charge on any atom is 0.331 e. The number of carbonyl (C=O) groups excluding carboxylic acids is 2. The molecular weight excluding hydrogens is 144 g/mol. The minimum Gasteiger partial charge on any atom is -0.454 e. The summed E-state index contributed by atoms with van der Waals surface area (Å²) >= 11 is 0. The van der Waals surface area contributed by atoms with E-state index in [-0.39, 0.29) is 17.9 Å². The summed E-state index contributed by atoms with van der Waals surface area (Å²) in [7, 11) is 0. The number of ether oxygens (including phenoxy) is 1. The number of rotatable bonds is 0. The third kappa shape index (κ3) is 0.964. The van der Waals surface area contributed by atoms with Gasteiger partial charge in [0.1, 0.15) is 6.10 Å². The molecule has 1 saturated carbocycles. The van der Waals surface area contributed by atoms with Gasteiger partial charge in [0.25, 0.3) is 0 Å². The molecule has 1 atom stereocenters. The Morgan fingerprint density at radius 1 is 1.45 bits per heavy atom. The van der Waals surface area contributed by atoms with Crippen LogP contribution in [0.1, 0.15) is 19.3 Å². The zero-order valence-corrected chi connectivity index (χ0v) is 6.00. The standard InChI is InChI=1S/C8H8O3/c9-6-2-1-3-7-5(6)4-8(10)11-7/h4,7H,1-3H2. The highest BCUT2D eigenvalue weighted by Crippen LogP contribution is 2.27. The van der Waals surface area contributed by atoms with Crippen LogP contribution in [0.2, 0.25) is 0 Å². The van der Waals surface area contributed by atoms with Gasteiger partial charge in [-0.3, -0.25) is 4.79 Å². The third-order valence-electron chi connectivity index (χ3n) is 2.07.